The maximum Gasteiger partial charge on any atom is 0.305 e. The van der Waals surface area contributed by atoms with E-state index in [1.54, 1.807) is 36.4 Å². The van der Waals surface area contributed by atoms with Crippen LogP contribution in [0.3, 0.4) is 0 Å². The van der Waals surface area contributed by atoms with Gasteiger partial charge in [-0.3, -0.25) is 9.59 Å². The maximum absolute atomic E-state index is 12.4. The van der Waals surface area contributed by atoms with Gasteiger partial charge < -0.3 is 5.11 Å². The molecular weight excluding hydrogens is 432 g/mol. The molecule has 0 aliphatic rings. The van der Waals surface area contributed by atoms with Crippen LogP contribution in [0.2, 0.25) is 0 Å². The van der Waals surface area contributed by atoms with Crippen LogP contribution in [0.1, 0.15) is 12.0 Å². The third-order valence-corrected chi connectivity index (χ3v) is 6.90. The molecule has 11 heteroatoms. The number of ketones is 1. The average Bonchev–Trinajstić information content (AvgIpc) is 2.71. The molecule has 0 radical (unpaired) electrons. The summed E-state index contributed by atoms with van der Waals surface area (Å²) in [5.74, 6) is -2.58. The molecule has 0 saturated heterocycles. The summed E-state index contributed by atoms with van der Waals surface area (Å²) >= 11 is 0. The van der Waals surface area contributed by atoms with E-state index in [0.717, 1.165) is 5.56 Å². The highest BCUT2D eigenvalue weighted by molar-refractivity contribution is 7.89. The molecule has 0 spiro atoms. The predicted octanol–water partition coefficient (Wildman–Crippen LogP) is 0.539. The van der Waals surface area contributed by atoms with Gasteiger partial charge in [0.1, 0.15) is 0 Å². The molecule has 0 saturated carbocycles. The van der Waals surface area contributed by atoms with Crippen molar-refractivity contribution in [2.75, 3.05) is 12.3 Å². The van der Waals surface area contributed by atoms with E-state index in [1.165, 1.54) is 24.3 Å². The molecule has 0 aliphatic carbocycles. The number of aliphatic carboxylic acids is 1. The number of carbonyl (C=O) groups excluding carboxylic acids is 1. The molecule has 30 heavy (non-hydrogen) atoms. The number of sulfonamides is 2. The number of hydrogen-bond acceptors (Lipinski definition) is 6. The van der Waals surface area contributed by atoms with E-state index < -0.39 is 50.8 Å². The summed E-state index contributed by atoms with van der Waals surface area (Å²) in [6.45, 7) is -0.730. The summed E-state index contributed by atoms with van der Waals surface area (Å²) in [5.41, 5.74) is 0.800. The molecule has 0 bridgehead atoms. The zero-order valence-electron chi connectivity index (χ0n) is 15.9. The van der Waals surface area contributed by atoms with E-state index in [1.807, 2.05) is 4.72 Å². The fraction of sp³-hybridized carbons (Fsp3) is 0.263. The number of aryl methyl sites for hydroxylation is 1. The van der Waals surface area contributed by atoms with Crippen LogP contribution in [0.15, 0.2) is 65.6 Å². The maximum atomic E-state index is 12.4. The molecule has 1 atom stereocenters. The van der Waals surface area contributed by atoms with Crippen molar-refractivity contribution < 1.29 is 31.5 Å². The van der Waals surface area contributed by atoms with Crippen LogP contribution in [0, 0.1) is 0 Å². The summed E-state index contributed by atoms with van der Waals surface area (Å²) in [4.78, 5) is 23.3. The van der Waals surface area contributed by atoms with Crippen molar-refractivity contribution in [2.45, 2.75) is 23.8 Å². The minimum absolute atomic E-state index is 0.142. The highest BCUT2D eigenvalue weighted by Gasteiger charge is 2.28. The first-order valence-electron chi connectivity index (χ1n) is 8.92. The summed E-state index contributed by atoms with van der Waals surface area (Å²) in [5, 5.41) is 9.01. The zero-order chi connectivity index (χ0) is 22.2. The van der Waals surface area contributed by atoms with Crippen LogP contribution >= 0.6 is 0 Å². The Kier molecular flexibility index (Phi) is 8.24. The van der Waals surface area contributed by atoms with Crippen LogP contribution in [0.25, 0.3) is 0 Å². The zero-order valence-corrected chi connectivity index (χ0v) is 17.5. The molecule has 0 aliphatic heterocycles. The van der Waals surface area contributed by atoms with Gasteiger partial charge >= 0.3 is 5.97 Å². The number of carboxylic acid groups (broad SMARTS) is 1. The highest BCUT2D eigenvalue weighted by atomic mass is 32.2. The standard InChI is InChI=1S/C19H22N2O7S2/c22-18(14-20-29(25,26)12-11-15-7-3-1-4-8-15)17(13-19(23)24)21-30(27,28)16-9-5-2-6-10-16/h1-10,17,20-21H,11-14H2,(H,23,24). The molecule has 0 fully saturated rings. The van der Waals surface area contributed by atoms with Gasteiger partial charge in [0.05, 0.1) is 29.7 Å². The van der Waals surface area contributed by atoms with Gasteiger partial charge in [-0.15, -0.1) is 0 Å². The topological polar surface area (TPSA) is 147 Å². The minimum atomic E-state index is -4.16. The Morgan fingerprint density at radius 1 is 0.900 bits per heavy atom. The number of carbonyl (C=O) groups is 2. The number of nitrogens with one attached hydrogen (secondary N) is 2. The van der Waals surface area contributed by atoms with E-state index in [0.29, 0.717) is 0 Å². The van der Waals surface area contributed by atoms with Gasteiger partial charge in [0.15, 0.2) is 5.78 Å². The van der Waals surface area contributed by atoms with E-state index in [2.05, 4.69) is 4.72 Å². The Hall–Kier alpha value is -2.60. The van der Waals surface area contributed by atoms with Gasteiger partial charge in [-0.25, -0.2) is 21.6 Å². The Morgan fingerprint density at radius 2 is 1.47 bits per heavy atom. The first kappa shape index (κ1) is 23.7. The third-order valence-electron chi connectivity index (χ3n) is 4.09. The van der Waals surface area contributed by atoms with Gasteiger partial charge in [-0.2, -0.15) is 4.72 Å². The van der Waals surface area contributed by atoms with E-state index in [4.69, 9.17) is 5.11 Å². The monoisotopic (exact) mass is 454 g/mol. The number of carboxylic acids is 1. The lowest BCUT2D eigenvalue weighted by Crippen LogP contribution is -2.46. The second kappa shape index (κ2) is 10.4. The summed E-state index contributed by atoms with van der Waals surface area (Å²) in [6.07, 6.45) is -0.597. The number of Topliss-reactive ketones (excluding diaryl/α,β-unsaturated/α-hetero) is 1. The van der Waals surface area contributed by atoms with Crippen LogP contribution in [-0.4, -0.2) is 52.0 Å². The van der Waals surface area contributed by atoms with E-state index in [9.17, 15) is 26.4 Å². The molecule has 3 N–H and O–H groups in total. The van der Waals surface area contributed by atoms with Crippen molar-refractivity contribution in [3.05, 3.63) is 66.2 Å². The minimum Gasteiger partial charge on any atom is -0.481 e. The van der Waals surface area contributed by atoms with Gasteiger partial charge in [0.2, 0.25) is 20.0 Å². The number of benzene rings is 2. The van der Waals surface area contributed by atoms with Crippen LogP contribution in [-0.2, 0) is 36.1 Å². The van der Waals surface area contributed by atoms with Gasteiger partial charge in [0.25, 0.3) is 0 Å². The predicted molar refractivity (Wildman–Crippen MR) is 110 cm³/mol. The highest BCUT2D eigenvalue weighted by Crippen LogP contribution is 2.10. The van der Waals surface area contributed by atoms with Gasteiger partial charge in [-0.05, 0) is 24.1 Å². The Labute approximate surface area is 175 Å². The van der Waals surface area contributed by atoms with Gasteiger partial charge in [-0.1, -0.05) is 48.5 Å². The summed E-state index contributed by atoms with van der Waals surface area (Å²) in [7, 11) is -7.99. The third kappa shape index (κ3) is 7.67. The molecule has 0 amide bonds. The fourth-order valence-corrected chi connectivity index (χ4v) is 4.78. The van der Waals surface area contributed by atoms with Crippen LogP contribution in [0.4, 0.5) is 0 Å². The Morgan fingerprint density at radius 3 is 2.03 bits per heavy atom. The average molecular weight is 455 g/mol. The van der Waals surface area contributed by atoms with E-state index >= 15 is 0 Å². The van der Waals surface area contributed by atoms with Crippen molar-refractivity contribution in [3.63, 3.8) is 0 Å². The van der Waals surface area contributed by atoms with Crippen molar-refractivity contribution >= 4 is 31.8 Å². The van der Waals surface area contributed by atoms with Crippen molar-refractivity contribution in [1.82, 2.24) is 9.44 Å². The smallest absolute Gasteiger partial charge is 0.305 e. The quantitative estimate of drug-likeness (QED) is 0.424. The second-order valence-corrected chi connectivity index (χ2v) is 10.1. The van der Waals surface area contributed by atoms with Crippen LogP contribution < -0.4 is 9.44 Å². The number of hydrogen-bond donors (Lipinski definition) is 3. The first-order valence-corrected chi connectivity index (χ1v) is 12.1. The molecule has 0 heterocycles. The summed E-state index contributed by atoms with van der Waals surface area (Å²) in [6, 6.07) is 14.4. The molecule has 1 unspecified atom stereocenters. The van der Waals surface area contributed by atoms with Crippen molar-refractivity contribution in [2.24, 2.45) is 0 Å². The second-order valence-electron chi connectivity index (χ2n) is 6.43. The van der Waals surface area contributed by atoms with Crippen LogP contribution in [0.5, 0.6) is 0 Å². The molecule has 0 aromatic heterocycles. The molecule has 9 nitrogen and oxygen atoms in total. The lowest BCUT2D eigenvalue weighted by Gasteiger charge is -2.16. The molecule has 2 aromatic carbocycles. The van der Waals surface area contributed by atoms with Crippen molar-refractivity contribution in [1.29, 1.82) is 0 Å². The molecule has 162 valence electrons. The first-order chi connectivity index (χ1) is 14.1. The number of rotatable bonds is 12. The fourth-order valence-electron chi connectivity index (χ4n) is 2.52. The molecule has 2 rings (SSSR count). The largest absolute Gasteiger partial charge is 0.481 e. The van der Waals surface area contributed by atoms with Crippen molar-refractivity contribution in [3.8, 4) is 0 Å². The molecule has 2 aromatic rings. The van der Waals surface area contributed by atoms with E-state index in [-0.39, 0.29) is 17.1 Å². The normalized spacial score (nSPS) is 12.9. The molecular formula is C19H22N2O7S2. The van der Waals surface area contributed by atoms with Gasteiger partial charge in [0, 0.05) is 0 Å². The lowest BCUT2D eigenvalue weighted by atomic mass is 10.1. The Balaban J connectivity index is 2.01. The SMILES string of the molecule is O=C(O)CC(NS(=O)(=O)c1ccccc1)C(=O)CNS(=O)(=O)CCc1ccccc1. The lowest BCUT2D eigenvalue weighted by molar-refractivity contribution is -0.139. The summed E-state index contributed by atoms with van der Waals surface area (Å²) < 4.78 is 53.2. The Bertz CT molecular complexity index is 1070.